The number of nitrogens with one attached hydrogen (secondary N) is 1. The van der Waals surface area contributed by atoms with E-state index in [4.69, 9.17) is 0 Å². The van der Waals surface area contributed by atoms with Crippen LogP contribution in [-0.4, -0.2) is 36.3 Å². The lowest BCUT2D eigenvalue weighted by atomic mass is 10.0. The van der Waals surface area contributed by atoms with Gasteiger partial charge in [0.25, 0.3) is 5.91 Å². The molecule has 0 radical (unpaired) electrons. The molecule has 1 aromatic heterocycles. The van der Waals surface area contributed by atoms with Crippen LogP contribution in [0.15, 0.2) is 47.4 Å². The maximum Gasteiger partial charge on any atom is 0.252 e. The number of nitrogens with zero attached hydrogens (tertiary/aromatic N) is 2. The fraction of sp³-hybridized carbons (Fsp3) is 0.368. The second kappa shape index (κ2) is 7.71. The highest BCUT2D eigenvalue weighted by atomic mass is 32.2. The number of carbonyl (C=O) groups excluding carboxylic acids is 1. The molecule has 1 aliphatic rings. The molecule has 1 aliphatic heterocycles. The van der Waals surface area contributed by atoms with Gasteiger partial charge in [-0.2, -0.15) is 0 Å². The van der Waals surface area contributed by atoms with Gasteiger partial charge in [-0.1, -0.05) is 18.2 Å². The molecule has 5 heteroatoms. The van der Waals surface area contributed by atoms with Gasteiger partial charge < -0.3 is 10.2 Å². The molecule has 1 N–H and O–H groups in total. The number of benzene rings is 1. The molecular weight excluding hydrogens is 318 g/mol. The minimum Gasteiger partial charge on any atom is -0.356 e. The number of aryl methyl sites for hydroxylation is 1. The molecule has 1 aromatic carbocycles. The predicted molar refractivity (Wildman–Crippen MR) is 99.9 cm³/mol. The van der Waals surface area contributed by atoms with E-state index >= 15 is 0 Å². The first-order valence-electron chi connectivity index (χ1n) is 8.30. The van der Waals surface area contributed by atoms with Crippen molar-refractivity contribution in [1.82, 2.24) is 10.3 Å². The summed E-state index contributed by atoms with van der Waals surface area (Å²) < 4.78 is 0. The van der Waals surface area contributed by atoms with Crippen LogP contribution < -0.4 is 10.2 Å². The van der Waals surface area contributed by atoms with Crippen LogP contribution in [0, 0.1) is 6.92 Å². The number of piperidine rings is 1. The lowest BCUT2D eigenvalue weighted by molar-refractivity contribution is 0.0928. The van der Waals surface area contributed by atoms with Crippen LogP contribution in [-0.2, 0) is 0 Å². The van der Waals surface area contributed by atoms with E-state index in [1.54, 1.807) is 11.8 Å². The molecule has 0 unspecified atom stereocenters. The molecule has 1 amide bonds. The van der Waals surface area contributed by atoms with Crippen molar-refractivity contribution in [1.29, 1.82) is 0 Å². The molecule has 24 heavy (non-hydrogen) atoms. The van der Waals surface area contributed by atoms with E-state index in [9.17, 15) is 4.79 Å². The average molecular weight is 341 g/mol. The first kappa shape index (κ1) is 16.8. The zero-order valence-electron chi connectivity index (χ0n) is 14.2. The Hall–Kier alpha value is -2.01. The van der Waals surface area contributed by atoms with E-state index in [0.29, 0.717) is 0 Å². The molecule has 4 nitrogen and oxygen atoms in total. The summed E-state index contributed by atoms with van der Waals surface area (Å²) in [4.78, 5) is 20.4. The van der Waals surface area contributed by atoms with Gasteiger partial charge in [0.1, 0.15) is 5.82 Å². The highest BCUT2D eigenvalue weighted by Crippen LogP contribution is 2.21. The highest BCUT2D eigenvalue weighted by Gasteiger charge is 2.22. The number of hydrogen-bond donors (Lipinski definition) is 1. The maximum atomic E-state index is 12.5. The normalized spacial score (nSPS) is 15.3. The molecule has 1 fully saturated rings. The van der Waals surface area contributed by atoms with Crippen LogP contribution in [0.5, 0.6) is 0 Å². The Morgan fingerprint density at radius 1 is 1.17 bits per heavy atom. The highest BCUT2D eigenvalue weighted by molar-refractivity contribution is 7.98. The molecule has 0 atom stereocenters. The van der Waals surface area contributed by atoms with Gasteiger partial charge in [-0.3, -0.25) is 4.79 Å². The van der Waals surface area contributed by atoms with Gasteiger partial charge in [0.2, 0.25) is 0 Å². The Bertz CT molecular complexity index is 711. The van der Waals surface area contributed by atoms with Crippen molar-refractivity contribution in [2.75, 3.05) is 24.2 Å². The number of rotatable bonds is 4. The van der Waals surface area contributed by atoms with Crippen molar-refractivity contribution in [2.45, 2.75) is 30.7 Å². The quantitative estimate of drug-likeness (QED) is 0.865. The Morgan fingerprint density at radius 3 is 2.62 bits per heavy atom. The number of aromatic nitrogens is 1. The molecule has 0 aliphatic carbocycles. The third-order valence-electron chi connectivity index (χ3n) is 4.38. The van der Waals surface area contributed by atoms with Crippen LogP contribution in [0.1, 0.15) is 28.9 Å². The van der Waals surface area contributed by atoms with Crippen molar-refractivity contribution >= 4 is 23.5 Å². The van der Waals surface area contributed by atoms with Crippen LogP contribution in [0.25, 0.3) is 0 Å². The van der Waals surface area contributed by atoms with Crippen molar-refractivity contribution in [2.24, 2.45) is 0 Å². The molecule has 3 rings (SSSR count). The largest absolute Gasteiger partial charge is 0.356 e. The van der Waals surface area contributed by atoms with Crippen molar-refractivity contribution in [3.8, 4) is 0 Å². The first-order valence-corrected chi connectivity index (χ1v) is 9.52. The third kappa shape index (κ3) is 3.90. The van der Waals surface area contributed by atoms with Crippen molar-refractivity contribution < 1.29 is 4.79 Å². The second-order valence-corrected chi connectivity index (χ2v) is 6.92. The van der Waals surface area contributed by atoms with Gasteiger partial charge in [0.05, 0.1) is 5.56 Å². The molecule has 0 saturated carbocycles. The number of amides is 1. The van der Waals surface area contributed by atoms with Crippen molar-refractivity contribution in [3.63, 3.8) is 0 Å². The standard InChI is InChI=1S/C19H23N3OS/c1-14-6-5-9-18(20-14)22-12-10-15(11-13-22)21-19(23)16-7-3-4-8-17(16)24-2/h3-9,15H,10-13H2,1-2H3,(H,21,23). The zero-order chi connectivity index (χ0) is 16.9. The summed E-state index contributed by atoms with van der Waals surface area (Å²) in [7, 11) is 0. The topological polar surface area (TPSA) is 45.2 Å². The van der Waals surface area contributed by atoms with Gasteiger partial charge in [0, 0.05) is 29.7 Å². The fourth-order valence-corrected chi connectivity index (χ4v) is 3.65. The van der Waals surface area contributed by atoms with E-state index in [1.807, 2.05) is 49.6 Å². The van der Waals surface area contributed by atoms with Crippen molar-refractivity contribution in [3.05, 3.63) is 53.7 Å². The molecular formula is C19H23N3OS. The van der Waals surface area contributed by atoms with E-state index in [1.165, 1.54) is 0 Å². The smallest absolute Gasteiger partial charge is 0.252 e. The van der Waals surface area contributed by atoms with E-state index < -0.39 is 0 Å². The van der Waals surface area contributed by atoms with Gasteiger partial charge in [-0.05, 0) is 50.3 Å². The summed E-state index contributed by atoms with van der Waals surface area (Å²) >= 11 is 1.61. The molecule has 0 spiro atoms. The van der Waals surface area contributed by atoms with Gasteiger partial charge in [0.15, 0.2) is 0 Å². The molecule has 0 bridgehead atoms. The monoisotopic (exact) mass is 341 g/mol. The number of hydrogen-bond acceptors (Lipinski definition) is 4. The number of anilines is 1. The van der Waals surface area contributed by atoms with E-state index in [2.05, 4.69) is 21.3 Å². The molecule has 126 valence electrons. The fourth-order valence-electron chi connectivity index (χ4n) is 3.05. The van der Waals surface area contributed by atoms with E-state index in [0.717, 1.165) is 47.9 Å². The first-order chi connectivity index (χ1) is 11.7. The van der Waals surface area contributed by atoms with Gasteiger partial charge >= 0.3 is 0 Å². The summed E-state index contributed by atoms with van der Waals surface area (Å²) in [6.07, 6.45) is 3.89. The summed E-state index contributed by atoms with van der Waals surface area (Å²) in [5, 5.41) is 3.19. The number of pyridine rings is 1. The predicted octanol–water partition coefficient (Wildman–Crippen LogP) is 3.51. The van der Waals surface area contributed by atoms with Crippen LogP contribution in [0.4, 0.5) is 5.82 Å². The maximum absolute atomic E-state index is 12.5. The zero-order valence-corrected chi connectivity index (χ0v) is 15.0. The molecule has 2 aromatic rings. The minimum atomic E-state index is 0.0343. The number of carbonyl (C=O) groups is 1. The molecule has 1 saturated heterocycles. The van der Waals surface area contributed by atoms with Crippen LogP contribution in [0.3, 0.4) is 0 Å². The second-order valence-electron chi connectivity index (χ2n) is 6.07. The lowest BCUT2D eigenvalue weighted by Crippen LogP contribution is -2.45. The summed E-state index contributed by atoms with van der Waals surface area (Å²) in [5.74, 6) is 1.07. The number of thioether (sulfide) groups is 1. The van der Waals surface area contributed by atoms with Gasteiger partial charge in [-0.25, -0.2) is 4.98 Å². The summed E-state index contributed by atoms with van der Waals surface area (Å²) in [5.41, 5.74) is 1.81. The third-order valence-corrected chi connectivity index (χ3v) is 5.18. The van der Waals surface area contributed by atoms with Gasteiger partial charge in [-0.15, -0.1) is 11.8 Å². The Balaban J connectivity index is 1.58. The Labute approximate surface area is 147 Å². The van der Waals surface area contributed by atoms with E-state index in [-0.39, 0.29) is 11.9 Å². The summed E-state index contributed by atoms with van der Waals surface area (Å²) in [6.45, 7) is 3.86. The average Bonchev–Trinajstić information content (AvgIpc) is 2.62. The van der Waals surface area contributed by atoms with Crippen LogP contribution in [0.2, 0.25) is 0 Å². The Morgan fingerprint density at radius 2 is 1.92 bits per heavy atom. The van der Waals surface area contributed by atoms with Crippen LogP contribution >= 0.6 is 11.8 Å². The Kier molecular flexibility index (Phi) is 5.41. The lowest BCUT2D eigenvalue weighted by Gasteiger charge is -2.33. The SMILES string of the molecule is CSc1ccccc1C(=O)NC1CCN(c2cccc(C)n2)CC1. The minimum absolute atomic E-state index is 0.0343. The summed E-state index contributed by atoms with van der Waals surface area (Å²) in [6, 6.07) is 14.1. The molecule has 2 heterocycles.